The molecule has 1 aliphatic rings. The van der Waals surface area contributed by atoms with Gasteiger partial charge >= 0.3 is 0 Å². The summed E-state index contributed by atoms with van der Waals surface area (Å²) >= 11 is 0. The molecule has 1 atom stereocenters. The predicted molar refractivity (Wildman–Crippen MR) is 102 cm³/mol. The maximum absolute atomic E-state index is 13.1. The van der Waals surface area contributed by atoms with Gasteiger partial charge in [0, 0.05) is 31.6 Å². The van der Waals surface area contributed by atoms with Crippen molar-refractivity contribution in [2.45, 2.75) is 38.3 Å². The van der Waals surface area contributed by atoms with Crippen LogP contribution in [0, 0.1) is 18.3 Å². The molecule has 1 amide bonds. The summed E-state index contributed by atoms with van der Waals surface area (Å²) in [5, 5.41) is 4.32. The first-order valence-corrected chi connectivity index (χ1v) is 10.6. The van der Waals surface area contributed by atoms with Crippen molar-refractivity contribution in [2.24, 2.45) is 10.3 Å². The summed E-state index contributed by atoms with van der Waals surface area (Å²) in [7, 11) is -2.87. The molecule has 0 N–H and O–H groups in total. The van der Waals surface area contributed by atoms with Crippen LogP contribution in [0.4, 0.5) is 5.95 Å². The highest BCUT2D eigenvalue weighted by Gasteiger charge is 2.26. The van der Waals surface area contributed by atoms with E-state index in [1.165, 1.54) is 6.26 Å². The molecule has 0 radical (unpaired) electrons. The van der Waals surface area contributed by atoms with E-state index >= 15 is 0 Å². The van der Waals surface area contributed by atoms with Gasteiger partial charge < -0.3 is 4.90 Å². The number of nitrogens with zero attached hydrogens (tertiary/aromatic N) is 6. The maximum Gasteiger partial charge on any atom is 0.254 e. The number of hydrogen-bond acceptors (Lipinski definition) is 6. The molecule has 2 aromatic rings. The highest BCUT2D eigenvalue weighted by Crippen LogP contribution is 2.24. The second kappa shape index (κ2) is 7.48. The fourth-order valence-electron chi connectivity index (χ4n) is 2.90. The molecular formula is C18H22N6O2S. The monoisotopic (exact) mass is 386 g/mol. The second-order valence-corrected chi connectivity index (χ2v) is 9.13. The number of aromatic nitrogens is 4. The maximum atomic E-state index is 13.1. The molecule has 0 spiro atoms. The van der Waals surface area contributed by atoms with Crippen LogP contribution in [-0.4, -0.2) is 42.7 Å². The summed E-state index contributed by atoms with van der Waals surface area (Å²) in [5.74, 6) is 2.85. The van der Waals surface area contributed by atoms with E-state index in [9.17, 15) is 9.00 Å². The molecule has 3 rings (SSSR count). The van der Waals surface area contributed by atoms with Gasteiger partial charge in [0.1, 0.15) is 0 Å². The van der Waals surface area contributed by atoms with Crippen LogP contribution in [0.1, 0.15) is 31.5 Å². The zero-order chi connectivity index (χ0) is 19.6. The number of carbonyl (C=O) groups is 1. The molecule has 0 saturated carbocycles. The Kier molecular flexibility index (Phi) is 5.28. The van der Waals surface area contributed by atoms with Crippen LogP contribution in [0.15, 0.2) is 27.8 Å². The van der Waals surface area contributed by atoms with Crippen molar-refractivity contribution >= 4 is 21.6 Å². The average molecular weight is 386 g/mol. The molecule has 142 valence electrons. The summed E-state index contributed by atoms with van der Waals surface area (Å²) in [5.41, 5.74) is 1.38. The number of fused-ring (bicyclic) bond motifs is 1. The Labute approximate surface area is 159 Å². The predicted octanol–water partition coefficient (Wildman–Crippen LogP) is 1.70. The van der Waals surface area contributed by atoms with Crippen LogP contribution in [0.3, 0.4) is 0 Å². The van der Waals surface area contributed by atoms with Gasteiger partial charge in [-0.1, -0.05) is 19.8 Å². The lowest BCUT2D eigenvalue weighted by Crippen LogP contribution is -2.35. The molecule has 0 bridgehead atoms. The summed E-state index contributed by atoms with van der Waals surface area (Å²) < 4.78 is 18.9. The summed E-state index contributed by atoms with van der Waals surface area (Å²) in [6, 6.07) is 0. The van der Waals surface area contributed by atoms with Gasteiger partial charge in [-0.2, -0.15) is 9.46 Å². The van der Waals surface area contributed by atoms with Gasteiger partial charge in [-0.25, -0.2) is 14.2 Å². The van der Waals surface area contributed by atoms with Gasteiger partial charge in [0.05, 0.1) is 45.2 Å². The molecule has 27 heavy (non-hydrogen) atoms. The quantitative estimate of drug-likeness (QED) is 0.743. The first-order valence-electron chi connectivity index (χ1n) is 8.63. The second-order valence-electron chi connectivity index (χ2n) is 6.90. The van der Waals surface area contributed by atoms with Crippen LogP contribution in [-0.2, 0) is 27.6 Å². The Morgan fingerprint density at radius 1 is 1.33 bits per heavy atom. The van der Waals surface area contributed by atoms with E-state index in [1.54, 1.807) is 23.3 Å². The van der Waals surface area contributed by atoms with Crippen molar-refractivity contribution in [3.63, 3.8) is 0 Å². The highest BCUT2D eigenvalue weighted by molar-refractivity contribution is 7.93. The third-order valence-electron chi connectivity index (χ3n) is 4.19. The zero-order valence-corrected chi connectivity index (χ0v) is 16.4. The minimum absolute atomic E-state index is 0.163. The average Bonchev–Trinajstić information content (AvgIpc) is 3.04. The molecule has 2 aromatic heterocycles. The summed E-state index contributed by atoms with van der Waals surface area (Å²) in [6.07, 6.45) is 11.8. The standard InChI is InChI=1S/C18H22N6O2S/c1-5-14-9-19-18(20-10-14)23-6-7-24-15(12-23)16(11-21-24)27(4,26)22-17(25)8-13(2)3/h1,9-11,13H,6-8,12H2,2-4H3. The van der Waals surface area contributed by atoms with Gasteiger partial charge in [0.25, 0.3) is 5.91 Å². The minimum atomic E-state index is -2.87. The minimum Gasteiger partial charge on any atom is -0.333 e. The number of rotatable bonds is 4. The summed E-state index contributed by atoms with van der Waals surface area (Å²) in [6.45, 7) is 5.55. The molecule has 1 aliphatic heterocycles. The van der Waals surface area contributed by atoms with Gasteiger partial charge in [0.15, 0.2) is 0 Å². The molecule has 0 saturated heterocycles. The lowest BCUT2D eigenvalue weighted by molar-refractivity contribution is -0.118. The van der Waals surface area contributed by atoms with E-state index in [0.717, 1.165) is 5.69 Å². The highest BCUT2D eigenvalue weighted by atomic mass is 32.2. The van der Waals surface area contributed by atoms with E-state index in [1.807, 2.05) is 18.7 Å². The Bertz CT molecular complexity index is 1010. The Hall–Kier alpha value is -2.73. The van der Waals surface area contributed by atoms with Crippen LogP contribution in [0.5, 0.6) is 0 Å². The number of amides is 1. The largest absolute Gasteiger partial charge is 0.333 e. The Balaban J connectivity index is 1.90. The van der Waals surface area contributed by atoms with E-state index in [-0.39, 0.29) is 18.2 Å². The number of terminal acetylenes is 1. The van der Waals surface area contributed by atoms with E-state index < -0.39 is 9.73 Å². The van der Waals surface area contributed by atoms with Gasteiger partial charge in [-0.3, -0.25) is 9.48 Å². The zero-order valence-electron chi connectivity index (χ0n) is 15.6. The lowest BCUT2D eigenvalue weighted by Gasteiger charge is -2.28. The fourth-order valence-corrected chi connectivity index (χ4v) is 4.31. The van der Waals surface area contributed by atoms with E-state index in [0.29, 0.717) is 36.0 Å². The first-order chi connectivity index (χ1) is 12.8. The number of anilines is 1. The third kappa shape index (κ3) is 4.17. The first kappa shape index (κ1) is 19.0. The Morgan fingerprint density at radius 2 is 2.04 bits per heavy atom. The van der Waals surface area contributed by atoms with Crippen LogP contribution < -0.4 is 4.90 Å². The van der Waals surface area contributed by atoms with Gasteiger partial charge in [0.2, 0.25) is 5.95 Å². The van der Waals surface area contributed by atoms with Crippen LogP contribution >= 0.6 is 0 Å². The molecule has 0 fully saturated rings. The number of hydrogen-bond donors (Lipinski definition) is 0. The molecule has 1 unspecified atom stereocenters. The van der Waals surface area contributed by atoms with Crippen LogP contribution in [0.25, 0.3) is 0 Å². The van der Waals surface area contributed by atoms with Crippen molar-refractivity contribution in [3.8, 4) is 12.3 Å². The molecule has 0 aliphatic carbocycles. The van der Waals surface area contributed by atoms with E-state index in [4.69, 9.17) is 6.42 Å². The van der Waals surface area contributed by atoms with Gasteiger partial charge in [-0.15, -0.1) is 6.42 Å². The lowest BCUT2D eigenvalue weighted by atomic mass is 10.1. The summed E-state index contributed by atoms with van der Waals surface area (Å²) in [4.78, 5) is 23.1. The number of carbonyl (C=O) groups excluding carboxylic acids is 1. The topological polar surface area (TPSA) is 93.3 Å². The molecule has 9 heteroatoms. The van der Waals surface area contributed by atoms with Crippen molar-refractivity contribution < 1.29 is 9.00 Å². The normalized spacial score (nSPS) is 15.7. The third-order valence-corrected chi connectivity index (χ3v) is 5.90. The fraction of sp³-hybridized carbons (Fsp3) is 0.444. The molecule has 8 nitrogen and oxygen atoms in total. The molecule has 3 heterocycles. The Morgan fingerprint density at radius 3 is 2.67 bits per heavy atom. The van der Waals surface area contributed by atoms with Gasteiger partial charge in [-0.05, 0) is 5.92 Å². The van der Waals surface area contributed by atoms with Crippen molar-refractivity contribution in [2.75, 3.05) is 17.7 Å². The van der Waals surface area contributed by atoms with Crippen LogP contribution in [0.2, 0.25) is 0 Å². The van der Waals surface area contributed by atoms with Crippen molar-refractivity contribution in [1.29, 1.82) is 0 Å². The smallest absolute Gasteiger partial charge is 0.254 e. The van der Waals surface area contributed by atoms with E-state index in [2.05, 4.69) is 25.3 Å². The molecular weight excluding hydrogens is 364 g/mol. The molecule has 0 aromatic carbocycles. The van der Waals surface area contributed by atoms with Crippen molar-refractivity contribution in [3.05, 3.63) is 29.8 Å². The van der Waals surface area contributed by atoms with Crippen molar-refractivity contribution in [1.82, 2.24) is 19.7 Å². The SMILES string of the molecule is C#Cc1cnc(N2CCn3ncc(S(C)(=O)=NC(=O)CC(C)C)c3C2)nc1.